The van der Waals surface area contributed by atoms with E-state index in [1.807, 2.05) is 51.1 Å². The summed E-state index contributed by atoms with van der Waals surface area (Å²) in [6, 6.07) is 13.4. The molecule has 1 aliphatic heterocycles. The van der Waals surface area contributed by atoms with Gasteiger partial charge in [0.15, 0.2) is 0 Å². The van der Waals surface area contributed by atoms with Crippen LogP contribution in [0.15, 0.2) is 42.5 Å². The molecule has 8 nitrogen and oxygen atoms in total. The number of carbonyl (C=O) groups is 1. The molecular formula is C29H32N2O6S2. The topological polar surface area (TPSA) is 115 Å². The van der Waals surface area contributed by atoms with Crippen molar-refractivity contribution in [1.29, 1.82) is 0 Å². The van der Waals surface area contributed by atoms with Gasteiger partial charge in [0, 0.05) is 17.9 Å². The molecule has 2 aromatic heterocycles. The number of pyridine rings is 1. The summed E-state index contributed by atoms with van der Waals surface area (Å²) in [4.78, 5) is 19.5. The van der Waals surface area contributed by atoms with Gasteiger partial charge in [-0.25, -0.2) is 18.1 Å². The monoisotopic (exact) mass is 568 g/mol. The first-order chi connectivity index (χ1) is 18.7. The molecule has 0 bridgehead atoms. The Bertz CT molecular complexity index is 1640. The lowest BCUT2D eigenvalue weighted by Gasteiger charge is -2.29. The van der Waals surface area contributed by atoms with E-state index in [-0.39, 0.29) is 11.7 Å². The van der Waals surface area contributed by atoms with Gasteiger partial charge in [-0.1, -0.05) is 24.3 Å². The number of hydrogen-bond donors (Lipinski definition) is 2. The predicted octanol–water partition coefficient (Wildman–Crippen LogP) is 4.98. The van der Waals surface area contributed by atoms with Gasteiger partial charge in [-0.15, -0.1) is 11.3 Å². The first-order valence-corrected chi connectivity index (χ1v) is 15.5. The van der Waals surface area contributed by atoms with Gasteiger partial charge in [0.25, 0.3) is 5.91 Å². The van der Waals surface area contributed by atoms with E-state index in [1.165, 1.54) is 0 Å². The molecule has 4 aromatic rings. The van der Waals surface area contributed by atoms with Crippen LogP contribution < -0.4 is 9.46 Å². The van der Waals surface area contributed by atoms with E-state index < -0.39 is 28.3 Å². The van der Waals surface area contributed by atoms with Crippen LogP contribution in [0, 0.1) is 19.8 Å². The number of aliphatic hydroxyl groups excluding tert-OH is 1. The molecule has 10 heteroatoms. The van der Waals surface area contributed by atoms with Gasteiger partial charge < -0.3 is 14.6 Å². The molecule has 0 radical (unpaired) electrons. The lowest BCUT2D eigenvalue weighted by molar-refractivity contribution is 0.0243. The number of nitrogens with zero attached hydrogens (tertiary/aromatic N) is 1. The molecular weight excluding hydrogens is 536 g/mol. The zero-order valence-corrected chi connectivity index (χ0v) is 23.8. The van der Waals surface area contributed by atoms with Crippen molar-refractivity contribution in [3.8, 4) is 16.3 Å². The third-order valence-corrected chi connectivity index (χ3v) is 9.81. The number of rotatable bonds is 8. The SMILES string of the molecule is Cc1c(-c2cc(C(=O)NS(=O)(=O)CCO)c3c(O[C@H](C)C4CCOCC4)ccc(C)c3n2)sc2ccccc12. The summed E-state index contributed by atoms with van der Waals surface area (Å²) >= 11 is 1.58. The first-order valence-electron chi connectivity index (χ1n) is 13.0. The van der Waals surface area contributed by atoms with Crippen LogP contribution in [0.4, 0.5) is 0 Å². The third kappa shape index (κ3) is 5.65. The zero-order valence-electron chi connectivity index (χ0n) is 22.2. The minimum atomic E-state index is -4.04. The lowest BCUT2D eigenvalue weighted by atomic mass is 9.94. The number of carbonyl (C=O) groups excluding carboxylic acids is 1. The normalized spacial score (nSPS) is 15.5. The molecule has 1 aliphatic rings. The molecule has 0 saturated carbocycles. The Kier molecular flexibility index (Phi) is 7.91. The van der Waals surface area contributed by atoms with Crippen molar-refractivity contribution in [2.24, 2.45) is 5.92 Å². The zero-order chi connectivity index (χ0) is 27.7. The van der Waals surface area contributed by atoms with Crippen molar-refractivity contribution in [2.75, 3.05) is 25.6 Å². The average Bonchev–Trinajstić information content (AvgIpc) is 3.26. The maximum Gasteiger partial charge on any atom is 0.265 e. The highest BCUT2D eigenvalue weighted by atomic mass is 32.2. The highest BCUT2D eigenvalue weighted by Gasteiger charge is 2.27. The van der Waals surface area contributed by atoms with E-state index in [9.17, 15) is 18.3 Å². The van der Waals surface area contributed by atoms with E-state index in [4.69, 9.17) is 14.5 Å². The van der Waals surface area contributed by atoms with Gasteiger partial charge >= 0.3 is 0 Å². The van der Waals surface area contributed by atoms with E-state index in [0.29, 0.717) is 41.5 Å². The first kappa shape index (κ1) is 27.5. The van der Waals surface area contributed by atoms with Crippen LogP contribution in [0.2, 0.25) is 0 Å². The average molecular weight is 569 g/mol. The number of sulfonamides is 1. The molecule has 1 saturated heterocycles. The van der Waals surface area contributed by atoms with Crippen LogP contribution in [0.5, 0.6) is 5.75 Å². The molecule has 39 heavy (non-hydrogen) atoms. The number of aromatic nitrogens is 1. The Morgan fingerprint density at radius 3 is 2.67 bits per heavy atom. The molecule has 206 valence electrons. The Hall–Kier alpha value is -3.05. The quantitative estimate of drug-likeness (QED) is 0.308. The van der Waals surface area contributed by atoms with Crippen molar-refractivity contribution in [3.05, 3.63) is 59.2 Å². The van der Waals surface area contributed by atoms with Gasteiger partial charge in [-0.2, -0.15) is 0 Å². The Morgan fingerprint density at radius 2 is 1.95 bits per heavy atom. The minimum Gasteiger partial charge on any atom is -0.490 e. The van der Waals surface area contributed by atoms with Crippen molar-refractivity contribution in [3.63, 3.8) is 0 Å². The summed E-state index contributed by atoms with van der Waals surface area (Å²) in [5.41, 5.74) is 3.20. The largest absolute Gasteiger partial charge is 0.490 e. The molecule has 0 unspecified atom stereocenters. The Balaban J connectivity index is 1.68. The number of thiophene rings is 1. The van der Waals surface area contributed by atoms with Gasteiger partial charge in [0.1, 0.15) is 5.75 Å². The van der Waals surface area contributed by atoms with Crippen LogP contribution >= 0.6 is 11.3 Å². The smallest absolute Gasteiger partial charge is 0.265 e. The Labute approximate surface area is 232 Å². The number of aliphatic hydroxyl groups is 1. The maximum absolute atomic E-state index is 13.6. The highest BCUT2D eigenvalue weighted by molar-refractivity contribution is 7.90. The standard InChI is InChI=1S/C29H32N2O6S2/c1-17-8-9-24(37-19(3)20-10-13-36-14-11-20)26-22(29(33)31-39(34,35)15-12-32)16-23(30-27(17)26)28-18(2)21-6-4-5-7-25(21)38-28/h4-9,16,19-20,32H,10-15H2,1-3H3,(H,31,33)/t19-/m1/s1. The molecule has 0 aliphatic carbocycles. The second-order valence-corrected chi connectivity index (χ2v) is 12.9. The number of hydrogen-bond acceptors (Lipinski definition) is 8. The van der Waals surface area contributed by atoms with Crippen LogP contribution in [-0.4, -0.2) is 56.1 Å². The van der Waals surface area contributed by atoms with Crippen molar-refractivity contribution in [2.45, 2.75) is 39.7 Å². The van der Waals surface area contributed by atoms with Crippen LogP contribution in [0.1, 0.15) is 41.3 Å². The van der Waals surface area contributed by atoms with E-state index in [2.05, 4.69) is 10.8 Å². The number of amides is 1. The van der Waals surface area contributed by atoms with Gasteiger partial charge in [-0.3, -0.25) is 4.79 Å². The maximum atomic E-state index is 13.6. The summed E-state index contributed by atoms with van der Waals surface area (Å²) in [6.45, 7) is 6.71. The summed E-state index contributed by atoms with van der Waals surface area (Å²) < 4.78 is 40.1. The van der Waals surface area contributed by atoms with E-state index in [1.54, 1.807) is 17.4 Å². The van der Waals surface area contributed by atoms with Crippen molar-refractivity contribution >= 4 is 48.3 Å². The number of ether oxygens (including phenoxy) is 2. The third-order valence-electron chi connectivity index (χ3n) is 7.30. The van der Waals surface area contributed by atoms with E-state index in [0.717, 1.165) is 38.9 Å². The van der Waals surface area contributed by atoms with Gasteiger partial charge in [0.05, 0.1) is 45.5 Å². The fraction of sp³-hybridized carbons (Fsp3) is 0.379. The number of benzene rings is 2. The second kappa shape index (κ2) is 11.2. The van der Waals surface area contributed by atoms with Crippen molar-refractivity contribution in [1.82, 2.24) is 9.71 Å². The van der Waals surface area contributed by atoms with E-state index >= 15 is 0 Å². The number of nitrogens with one attached hydrogen (secondary N) is 1. The minimum absolute atomic E-state index is 0.140. The molecule has 5 rings (SSSR count). The molecule has 1 amide bonds. The van der Waals surface area contributed by atoms with Crippen LogP contribution in [0.3, 0.4) is 0 Å². The summed E-state index contributed by atoms with van der Waals surface area (Å²) in [5, 5.41) is 10.8. The van der Waals surface area contributed by atoms with Crippen molar-refractivity contribution < 1.29 is 27.8 Å². The highest BCUT2D eigenvalue weighted by Crippen LogP contribution is 2.40. The fourth-order valence-corrected chi connectivity index (χ4v) is 7.01. The number of aryl methyl sites for hydroxylation is 2. The van der Waals surface area contributed by atoms with Gasteiger partial charge in [0.2, 0.25) is 10.0 Å². The van der Waals surface area contributed by atoms with Crippen LogP contribution in [-0.2, 0) is 14.8 Å². The fourth-order valence-electron chi connectivity index (χ4n) is 5.10. The summed E-state index contributed by atoms with van der Waals surface area (Å²) in [7, 11) is -4.04. The molecule has 1 atom stereocenters. The predicted molar refractivity (Wildman–Crippen MR) is 154 cm³/mol. The number of fused-ring (bicyclic) bond motifs is 2. The lowest BCUT2D eigenvalue weighted by Crippen LogP contribution is -2.34. The molecule has 2 N–H and O–H groups in total. The Morgan fingerprint density at radius 1 is 1.21 bits per heavy atom. The molecule has 3 heterocycles. The summed E-state index contributed by atoms with van der Waals surface area (Å²) in [5.74, 6) is -0.588. The van der Waals surface area contributed by atoms with Crippen LogP contribution in [0.25, 0.3) is 31.6 Å². The second-order valence-electron chi connectivity index (χ2n) is 9.96. The summed E-state index contributed by atoms with van der Waals surface area (Å²) in [6.07, 6.45) is 1.62. The molecule has 0 spiro atoms. The molecule has 2 aromatic carbocycles. The molecule has 1 fully saturated rings. The van der Waals surface area contributed by atoms with Gasteiger partial charge in [-0.05, 0) is 74.2 Å².